The van der Waals surface area contributed by atoms with Crippen LogP contribution in [0.15, 0.2) is 79.3 Å². The molecule has 0 saturated carbocycles. The molecule has 1 aliphatic heterocycles. The first-order chi connectivity index (χ1) is 19.5. The summed E-state index contributed by atoms with van der Waals surface area (Å²) in [5.74, 6) is 0.818. The van der Waals surface area contributed by atoms with Crippen molar-refractivity contribution in [1.82, 2.24) is 29.4 Å². The van der Waals surface area contributed by atoms with Gasteiger partial charge >= 0.3 is 6.09 Å². The summed E-state index contributed by atoms with van der Waals surface area (Å²) in [5.41, 5.74) is 2.87. The molecule has 200 valence electrons. The van der Waals surface area contributed by atoms with Crippen molar-refractivity contribution in [2.24, 2.45) is 0 Å². The lowest BCUT2D eigenvalue weighted by Crippen LogP contribution is -2.48. The Kier molecular flexibility index (Phi) is 6.48. The maximum atomic E-state index is 13.7. The van der Waals surface area contributed by atoms with Crippen LogP contribution in [0.25, 0.3) is 28.2 Å². The van der Waals surface area contributed by atoms with E-state index in [0.29, 0.717) is 71.6 Å². The van der Waals surface area contributed by atoms with Gasteiger partial charge in [-0.3, -0.25) is 14.3 Å². The number of rotatable bonds is 5. The van der Waals surface area contributed by atoms with Crippen molar-refractivity contribution in [2.75, 3.05) is 36.4 Å². The lowest BCUT2D eigenvalue weighted by Gasteiger charge is -2.33. The summed E-state index contributed by atoms with van der Waals surface area (Å²) in [7, 11) is 0. The highest BCUT2D eigenvalue weighted by Crippen LogP contribution is 2.30. The van der Waals surface area contributed by atoms with E-state index < -0.39 is 6.09 Å². The average molecular weight is 539 g/mol. The van der Waals surface area contributed by atoms with Gasteiger partial charge in [-0.25, -0.2) is 24.1 Å². The molecule has 1 fully saturated rings. The Morgan fingerprint density at radius 3 is 2.45 bits per heavy atom. The van der Waals surface area contributed by atoms with Crippen LogP contribution in [0.4, 0.5) is 20.8 Å². The second-order valence-corrected chi connectivity index (χ2v) is 9.14. The van der Waals surface area contributed by atoms with Crippen molar-refractivity contribution in [2.45, 2.75) is 0 Å². The van der Waals surface area contributed by atoms with E-state index >= 15 is 0 Å². The van der Waals surface area contributed by atoms with Gasteiger partial charge in [0.15, 0.2) is 5.65 Å². The Bertz CT molecular complexity index is 1700. The summed E-state index contributed by atoms with van der Waals surface area (Å²) in [6.07, 6.45) is 3.69. The summed E-state index contributed by atoms with van der Waals surface area (Å²) >= 11 is 0. The zero-order valence-corrected chi connectivity index (χ0v) is 21.1. The van der Waals surface area contributed by atoms with Crippen LogP contribution in [0, 0.1) is 5.82 Å². The van der Waals surface area contributed by atoms with E-state index in [-0.39, 0.29) is 11.7 Å². The molecule has 5 aromatic rings. The average Bonchev–Trinajstić information content (AvgIpc) is 3.37. The van der Waals surface area contributed by atoms with Gasteiger partial charge in [-0.05, 0) is 54.6 Å². The van der Waals surface area contributed by atoms with E-state index in [1.165, 1.54) is 23.2 Å². The molecule has 1 aromatic carbocycles. The van der Waals surface area contributed by atoms with Crippen LogP contribution in [0.5, 0.6) is 0 Å². The Hall–Kier alpha value is -5.39. The third-order valence-electron chi connectivity index (χ3n) is 6.63. The van der Waals surface area contributed by atoms with Crippen LogP contribution in [-0.4, -0.2) is 72.7 Å². The first kappa shape index (κ1) is 24.9. The molecular weight excluding hydrogens is 515 g/mol. The van der Waals surface area contributed by atoms with Crippen LogP contribution in [-0.2, 0) is 0 Å². The molecular formula is C28H23FN8O3. The van der Waals surface area contributed by atoms with Gasteiger partial charge in [0.25, 0.3) is 5.91 Å². The van der Waals surface area contributed by atoms with Crippen molar-refractivity contribution in [3.05, 3.63) is 90.6 Å². The first-order valence-electron chi connectivity index (χ1n) is 12.5. The molecule has 40 heavy (non-hydrogen) atoms. The smallest absolute Gasteiger partial charge is 0.407 e. The Morgan fingerprint density at radius 1 is 0.925 bits per heavy atom. The lowest BCUT2D eigenvalue weighted by molar-refractivity contribution is 0.102. The number of aromatic nitrogens is 5. The van der Waals surface area contributed by atoms with Crippen molar-refractivity contribution >= 4 is 34.8 Å². The molecule has 0 aliphatic carbocycles. The van der Waals surface area contributed by atoms with Gasteiger partial charge < -0.3 is 20.2 Å². The van der Waals surface area contributed by atoms with Crippen LogP contribution in [0.1, 0.15) is 10.4 Å². The van der Waals surface area contributed by atoms with Crippen molar-refractivity contribution < 1.29 is 19.1 Å². The third-order valence-corrected chi connectivity index (χ3v) is 6.63. The maximum Gasteiger partial charge on any atom is 0.407 e. The number of benzene rings is 1. The van der Waals surface area contributed by atoms with Crippen LogP contribution in [0.3, 0.4) is 0 Å². The zero-order valence-electron chi connectivity index (χ0n) is 21.1. The molecule has 6 rings (SSSR count). The SMILES string of the molecule is O=C(Nc1cc(-n2c(-c3ccc(F)cc3)nc3ccc(N4CCN(C(=O)O)CC4)nc32)ccn1)c1cccnc1. The van der Waals surface area contributed by atoms with Gasteiger partial charge in [0.2, 0.25) is 0 Å². The standard InChI is InChI=1S/C28H23FN8O3/c29-20-5-3-18(4-6-20)25-32-22-7-8-24(35-12-14-36(15-13-35)28(39)40)34-26(22)37(25)21-9-11-31-23(16-21)33-27(38)19-2-1-10-30-17-19/h1-11,16-17H,12-15H2,(H,39,40)(H,31,33,38). The Morgan fingerprint density at radius 2 is 1.73 bits per heavy atom. The van der Waals surface area contributed by atoms with E-state index in [1.54, 1.807) is 48.8 Å². The van der Waals surface area contributed by atoms with E-state index in [4.69, 9.17) is 9.97 Å². The Labute approximate surface area is 227 Å². The Balaban J connectivity index is 1.42. The fourth-order valence-electron chi connectivity index (χ4n) is 4.60. The number of anilines is 2. The molecule has 1 aliphatic rings. The number of imidazole rings is 1. The predicted octanol–water partition coefficient (Wildman–Crippen LogP) is 4.07. The molecule has 12 heteroatoms. The zero-order chi connectivity index (χ0) is 27.6. The molecule has 2 amide bonds. The number of fused-ring (bicyclic) bond motifs is 1. The summed E-state index contributed by atoms with van der Waals surface area (Å²) in [5, 5.41) is 12.1. The van der Waals surface area contributed by atoms with Gasteiger partial charge in [-0.15, -0.1) is 0 Å². The highest BCUT2D eigenvalue weighted by molar-refractivity contribution is 6.03. The van der Waals surface area contributed by atoms with Crippen molar-refractivity contribution in [1.29, 1.82) is 0 Å². The van der Waals surface area contributed by atoms with Crippen molar-refractivity contribution in [3.8, 4) is 17.1 Å². The highest BCUT2D eigenvalue weighted by atomic mass is 19.1. The van der Waals surface area contributed by atoms with Gasteiger partial charge in [0, 0.05) is 56.4 Å². The summed E-state index contributed by atoms with van der Waals surface area (Å²) < 4.78 is 15.6. The van der Waals surface area contributed by atoms with Gasteiger partial charge in [-0.2, -0.15) is 0 Å². The monoisotopic (exact) mass is 538 g/mol. The topological polar surface area (TPSA) is 129 Å². The van der Waals surface area contributed by atoms with E-state index in [1.807, 2.05) is 21.6 Å². The van der Waals surface area contributed by atoms with E-state index in [2.05, 4.69) is 15.3 Å². The lowest BCUT2D eigenvalue weighted by atomic mass is 10.2. The molecule has 0 unspecified atom stereocenters. The first-order valence-corrected chi connectivity index (χ1v) is 12.5. The summed E-state index contributed by atoms with van der Waals surface area (Å²) in [6.45, 7) is 1.76. The normalized spacial score (nSPS) is 13.4. The number of carbonyl (C=O) groups excluding carboxylic acids is 1. The number of halogens is 1. The number of amides is 2. The number of pyridine rings is 3. The number of piperazine rings is 1. The number of hydrogen-bond acceptors (Lipinski definition) is 7. The molecule has 0 atom stereocenters. The molecule has 0 radical (unpaired) electrons. The molecule has 2 N–H and O–H groups in total. The number of nitrogens with one attached hydrogen (secondary N) is 1. The number of hydrogen-bond donors (Lipinski definition) is 2. The molecule has 4 aromatic heterocycles. The third kappa shape index (κ3) is 4.89. The van der Waals surface area contributed by atoms with Crippen LogP contribution < -0.4 is 10.2 Å². The van der Waals surface area contributed by atoms with Crippen molar-refractivity contribution in [3.63, 3.8) is 0 Å². The predicted molar refractivity (Wildman–Crippen MR) is 146 cm³/mol. The quantitative estimate of drug-likeness (QED) is 0.343. The maximum absolute atomic E-state index is 13.7. The minimum absolute atomic E-state index is 0.319. The largest absolute Gasteiger partial charge is 0.465 e. The van der Waals surface area contributed by atoms with Crippen LogP contribution >= 0.6 is 0 Å². The van der Waals surface area contributed by atoms with Gasteiger partial charge in [0.05, 0.1) is 11.3 Å². The molecule has 1 saturated heterocycles. The fraction of sp³-hybridized carbons (Fsp3) is 0.143. The summed E-state index contributed by atoms with van der Waals surface area (Å²) in [4.78, 5) is 45.5. The molecule has 0 spiro atoms. The minimum atomic E-state index is -0.936. The van der Waals surface area contributed by atoms with E-state index in [9.17, 15) is 19.1 Å². The second kappa shape index (κ2) is 10.4. The van der Waals surface area contributed by atoms with E-state index in [0.717, 1.165) is 0 Å². The molecule has 11 nitrogen and oxygen atoms in total. The number of carboxylic acid groups (broad SMARTS) is 1. The highest BCUT2D eigenvalue weighted by Gasteiger charge is 2.23. The molecule has 5 heterocycles. The van der Waals surface area contributed by atoms with Gasteiger partial charge in [0.1, 0.15) is 28.8 Å². The molecule has 0 bridgehead atoms. The van der Waals surface area contributed by atoms with Gasteiger partial charge in [-0.1, -0.05) is 0 Å². The van der Waals surface area contributed by atoms with Crippen LogP contribution in [0.2, 0.25) is 0 Å². The fourth-order valence-corrected chi connectivity index (χ4v) is 4.60. The number of nitrogens with zero attached hydrogens (tertiary/aromatic N) is 7. The second-order valence-electron chi connectivity index (χ2n) is 9.14. The minimum Gasteiger partial charge on any atom is -0.465 e. The summed E-state index contributed by atoms with van der Waals surface area (Å²) in [6, 6.07) is 16.6. The number of carbonyl (C=O) groups is 2.